The third-order valence-corrected chi connectivity index (χ3v) is 1.59. The molecule has 0 bridgehead atoms. The molecule has 1 aromatic rings. The molecule has 0 N–H and O–H groups in total. The zero-order valence-corrected chi connectivity index (χ0v) is 8.23. The average molecular weight is 218 g/mol. The number of benzene rings is 1. The first-order valence-electron chi connectivity index (χ1n) is 3.32. The molecule has 0 saturated heterocycles. The maximum absolute atomic E-state index is 3.04. The Hall–Kier alpha value is -0.451. The Labute approximate surface area is 89.3 Å². The van der Waals surface area contributed by atoms with Gasteiger partial charge in [-0.1, -0.05) is 24.3 Å². The maximum atomic E-state index is 3.04. The fourth-order valence-corrected chi connectivity index (χ4v) is 1.07. The van der Waals surface area contributed by atoms with Gasteiger partial charge in [-0.05, 0) is 23.3 Å². The summed E-state index contributed by atoms with van der Waals surface area (Å²) in [5, 5.41) is 0. The van der Waals surface area contributed by atoms with Crippen LogP contribution in [0.4, 0.5) is 0 Å². The van der Waals surface area contributed by atoms with Crippen LogP contribution in [0.3, 0.4) is 0 Å². The van der Waals surface area contributed by atoms with E-state index in [1.807, 2.05) is 24.3 Å². The van der Waals surface area contributed by atoms with Gasteiger partial charge in [0.05, 0.1) is 0 Å². The first kappa shape index (κ1) is 11.5. The summed E-state index contributed by atoms with van der Waals surface area (Å²) in [6.07, 6.45) is 5.99. The van der Waals surface area contributed by atoms with E-state index in [0.29, 0.717) is 0 Å². The Balaban J connectivity index is 0.000000605. The molecule has 0 fully saturated rings. The van der Waals surface area contributed by atoms with E-state index in [4.69, 9.17) is 0 Å². The summed E-state index contributed by atoms with van der Waals surface area (Å²) in [4.78, 5) is 0. The van der Waals surface area contributed by atoms with Gasteiger partial charge in [-0.25, -0.2) is 0 Å². The number of fused-ring (bicyclic) bond motifs is 1. The summed E-state index contributed by atoms with van der Waals surface area (Å²) in [6.45, 7) is 0. The Morgan fingerprint density at radius 3 is 2.33 bits per heavy atom. The van der Waals surface area contributed by atoms with Crippen LogP contribution in [-0.2, 0) is 17.1 Å². The second-order valence-electron chi connectivity index (χ2n) is 2.27. The number of rotatable bonds is 0. The molecule has 2 radical (unpaired) electrons. The molecule has 0 spiro atoms. The van der Waals surface area contributed by atoms with Gasteiger partial charge in [0.15, 0.2) is 0 Å². The predicted octanol–water partition coefficient (Wildman–Crippen LogP) is -0.578. The molecule has 0 unspecified atom stereocenters. The van der Waals surface area contributed by atoms with Crippen molar-refractivity contribution in [2.75, 3.05) is 0 Å². The summed E-state index contributed by atoms with van der Waals surface area (Å²) >= 11 is 0. The van der Waals surface area contributed by atoms with E-state index in [2.05, 4.69) is 24.3 Å². The third-order valence-electron chi connectivity index (χ3n) is 1.59. The minimum absolute atomic E-state index is 0. The van der Waals surface area contributed by atoms with Gasteiger partial charge in [0.1, 0.15) is 0 Å². The van der Waals surface area contributed by atoms with Crippen molar-refractivity contribution in [3.05, 3.63) is 53.6 Å². The molecule has 0 atom stereocenters. The first-order valence-corrected chi connectivity index (χ1v) is 3.32. The molecule has 62 valence electrons. The monoisotopic (exact) mass is 217 g/mol. The van der Waals surface area contributed by atoms with Crippen molar-refractivity contribution in [2.45, 2.75) is 0 Å². The standard InChI is InChI=1S/C10H7.ClH.Mn/c1-2-6-10-8-4-3-7-9(10)5-1;;/h1-3,5-8H;1H;/p-1. The largest absolute Gasteiger partial charge is 1.00 e. The van der Waals surface area contributed by atoms with Crippen LogP contribution in [0, 0.1) is 6.42 Å². The van der Waals surface area contributed by atoms with E-state index in [1.165, 1.54) is 11.1 Å². The number of hydrogen-bond donors (Lipinski definition) is 0. The van der Waals surface area contributed by atoms with E-state index in [9.17, 15) is 0 Å². The van der Waals surface area contributed by atoms with Crippen molar-refractivity contribution >= 4 is 6.08 Å². The van der Waals surface area contributed by atoms with Crippen molar-refractivity contribution in [2.24, 2.45) is 0 Å². The van der Waals surface area contributed by atoms with Crippen LogP contribution in [0.2, 0.25) is 0 Å². The summed E-state index contributed by atoms with van der Waals surface area (Å²) in [5.74, 6) is 0. The van der Waals surface area contributed by atoms with Crippen LogP contribution >= 0.6 is 0 Å². The summed E-state index contributed by atoms with van der Waals surface area (Å²) in [6, 6.07) is 8.27. The smallest absolute Gasteiger partial charge is 0.0210 e. The minimum atomic E-state index is 0. The van der Waals surface area contributed by atoms with E-state index >= 15 is 0 Å². The van der Waals surface area contributed by atoms with Gasteiger partial charge in [0.25, 0.3) is 0 Å². The van der Waals surface area contributed by atoms with Crippen LogP contribution in [0.5, 0.6) is 0 Å². The first-order chi connectivity index (χ1) is 4.97. The maximum Gasteiger partial charge on any atom is 0.0210 e. The molecule has 0 aromatic heterocycles. The number of halogens is 1. The second kappa shape index (κ2) is 5.24. The Kier molecular flexibility index (Phi) is 5.04. The molecule has 0 amide bonds. The molecule has 2 rings (SSSR count). The van der Waals surface area contributed by atoms with Crippen LogP contribution in [-0.4, -0.2) is 0 Å². The Morgan fingerprint density at radius 1 is 1.00 bits per heavy atom. The van der Waals surface area contributed by atoms with Gasteiger partial charge in [0, 0.05) is 23.5 Å². The topological polar surface area (TPSA) is 0 Å². The summed E-state index contributed by atoms with van der Waals surface area (Å²) < 4.78 is 0. The van der Waals surface area contributed by atoms with Crippen LogP contribution in [0.15, 0.2) is 36.1 Å². The van der Waals surface area contributed by atoms with Crippen molar-refractivity contribution in [1.29, 1.82) is 0 Å². The summed E-state index contributed by atoms with van der Waals surface area (Å²) in [5.41, 5.74) is 5.57. The minimum Gasteiger partial charge on any atom is -1.00 e. The van der Waals surface area contributed by atoms with Crippen LogP contribution in [0.25, 0.3) is 6.08 Å². The molecule has 1 aliphatic carbocycles. The number of allylic oxidation sites excluding steroid dienone is 1. The van der Waals surface area contributed by atoms with E-state index in [0.717, 1.165) is 0 Å². The molecule has 0 nitrogen and oxygen atoms in total. The molecule has 2 heteroatoms. The molecule has 0 saturated carbocycles. The Morgan fingerprint density at radius 2 is 1.67 bits per heavy atom. The van der Waals surface area contributed by atoms with Crippen LogP contribution in [0.1, 0.15) is 11.1 Å². The van der Waals surface area contributed by atoms with Crippen molar-refractivity contribution < 1.29 is 29.5 Å². The van der Waals surface area contributed by atoms with Crippen molar-refractivity contribution in [3.8, 4) is 0 Å². The molecule has 0 aliphatic heterocycles. The van der Waals surface area contributed by atoms with Crippen LogP contribution < -0.4 is 12.4 Å². The quantitative estimate of drug-likeness (QED) is 0.403. The Bertz CT molecular complexity index is 311. The molecule has 0 heterocycles. The van der Waals surface area contributed by atoms with E-state index in [-0.39, 0.29) is 29.5 Å². The molecular formula is C10H7ClMn-. The van der Waals surface area contributed by atoms with Gasteiger partial charge >= 0.3 is 0 Å². The SMILES string of the molecule is C1=C[CH]c2ccccc2C=1.[Cl-].[Mn]. The van der Waals surface area contributed by atoms with Crippen molar-refractivity contribution in [3.63, 3.8) is 0 Å². The van der Waals surface area contributed by atoms with Gasteiger partial charge in [-0.15, -0.1) is 5.73 Å². The fourth-order valence-electron chi connectivity index (χ4n) is 1.07. The molecular weight excluding hydrogens is 211 g/mol. The van der Waals surface area contributed by atoms with Gasteiger partial charge in [-0.3, -0.25) is 0 Å². The van der Waals surface area contributed by atoms with Gasteiger partial charge in [0.2, 0.25) is 0 Å². The normalized spacial score (nSPS) is 11.0. The van der Waals surface area contributed by atoms with Gasteiger partial charge < -0.3 is 12.4 Å². The number of hydrogen-bond acceptors (Lipinski definition) is 0. The van der Waals surface area contributed by atoms with Crippen molar-refractivity contribution in [1.82, 2.24) is 0 Å². The molecule has 1 aromatic carbocycles. The zero-order valence-electron chi connectivity index (χ0n) is 6.30. The second-order valence-corrected chi connectivity index (χ2v) is 2.27. The summed E-state index contributed by atoms with van der Waals surface area (Å²) in [7, 11) is 0. The average Bonchev–Trinajstić information content (AvgIpc) is 2.05. The third kappa shape index (κ3) is 2.27. The molecule has 1 aliphatic rings. The predicted molar refractivity (Wildman–Crippen MR) is 42.4 cm³/mol. The fraction of sp³-hybridized carbons (Fsp3) is 0. The van der Waals surface area contributed by atoms with Gasteiger partial charge in [-0.2, -0.15) is 0 Å². The molecule has 12 heavy (non-hydrogen) atoms. The van der Waals surface area contributed by atoms with E-state index in [1.54, 1.807) is 0 Å². The zero-order chi connectivity index (χ0) is 6.81. The van der Waals surface area contributed by atoms with E-state index < -0.39 is 0 Å².